The van der Waals surface area contributed by atoms with Crippen molar-refractivity contribution >= 4 is 33.4 Å². The molecule has 0 radical (unpaired) electrons. The number of aliphatic hydroxyl groups excluding tert-OH is 1. The Hall–Kier alpha value is -5.08. The van der Waals surface area contributed by atoms with Crippen LogP contribution < -0.4 is 15.4 Å². The van der Waals surface area contributed by atoms with Gasteiger partial charge >= 0.3 is 0 Å². The molecular formula is C33H30N6O2. The molecular weight excluding hydrogens is 512 g/mol. The maximum atomic E-state index is 9.38. The van der Waals surface area contributed by atoms with Gasteiger partial charge in [-0.2, -0.15) is 0 Å². The van der Waals surface area contributed by atoms with Gasteiger partial charge in [-0.3, -0.25) is 0 Å². The lowest BCUT2D eigenvalue weighted by Gasteiger charge is -2.13. The number of rotatable bonds is 10. The van der Waals surface area contributed by atoms with E-state index in [4.69, 9.17) is 24.7 Å². The van der Waals surface area contributed by atoms with Gasteiger partial charge in [0.1, 0.15) is 17.4 Å². The summed E-state index contributed by atoms with van der Waals surface area (Å²) in [4.78, 5) is 19.3. The summed E-state index contributed by atoms with van der Waals surface area (Å²) < 4.78 is 5.29. The summed E-state index contributed by atoms with van der Waals surface area (Å²) in [6.07, 6.45) is 0.842. The van der Waals surface area contributed by atoms with Gasteiger partial charge in [-0.15, -0.1) is 0 Å². The van der Waals surface area contributed by atoms with Crippen LogP contribution in [0.3, 0.4) is 0 Å². The number of benzene rings is 4. The normalized spacial score (nSPS) is 11.1. The van der Waals surface area contributed by atoms with Crippen molar-refractivity contribution in [3.05, 3.63) is 103 Å². The Kier molecular flexibility index (Phi) is 7.64. The van der Waals surface area contributed by atoms with E-state index in [1.807, 2.05) is 97.1 Å². The van der Waals surface area contributed by atoms with Gasteiger partial charge in [0.15, 0.2) is 11.6 Å². The minimum absolute atomic E-state index is 0.00724. The molecule has 0 saturated carbocycles. The average molecular weight is 543 g/mol. The third-order valence-electron chi connectivity index (χ3n) is 6.89. The van der Waals surface area contributed by atoms with Gasteiger partial charge in [0.25, 0.3) is 0 Å². The predicted octanol–water partition coefficient (Wildman–Crippen LogP) is 6.32. The van der Waals surface area contributed by atoms with E-state index < -0.39 is 0 Å². The van der Waals surface area contributed by atoms with Crippen LogP contribution in [-0.2, 0) is 6.61 Å². The Morgan fingerprint density at radius 2 is 1.10 bits per heavy atom. The smallest absolute Gasteiger partial charge is 0.162 e. The number of para-hydroxylation sites is 2. The SMILES string of the molecule is COc1ccc(-c2nc(NCCCNc3nc(-c4ccc(CO)cc4)nc4ccccc34)c3ccccc3n2)cc1. The second-order valence-corrected chi connectivity index (χ2v) is 9.62. The Morgan fingerprint density at radius 3 is 1.59 bits per heavy atom. The van der Waals surface area contributed by atoms with Crippen LogP contribution >= 0.6 is 0 Å². The topological polar surface area (TPSA) is 105 Å². The Balaban J connectivity index is 1.17. The van der Waals surface area contributed by atoms with Crippen LogP contribution in [0.1, 0.15) is 12.0 Å². The van der Waals surface area contributed by atoms with Crippen molar-refractivity contribution in [3.8, 4) is 28.5 Å². The Morgan fingerprint density at radius 1 is 0.610 bits per heavy atom. The largest absolute Gasteiger partial charge is 0.497 e. The summed E-state index contributed by atoms with van der Waals surface area (Å²) in [5.41, 5.74) is 4.46. The minimum Gasteiger partial charge on any atom is -0.497 e. The third-order valence-corrected chi connectivity index (χ3v) is 6.89. The second-order valence-electron chi connectivity index (χ2n) is 9.62. The van der Waals surface area contributed by atoms with Crippen LogP contribution in [0.25, 0.3) is 44.6 Å². The molecule has 8 heteroatoms. The van der Waals surface area contributed by atoms with Crippen molar-refractivity contribution in [2.24, 2.45) is 0 Å². The highest BCUT2D eigenvalue weighted by molar-refractivity contribution is 5.91. The quantitative estimate of drug-likeness (QED) is 0.173. The number of aliphatic hydroxyl groups is 1. The molecule has 0 fully saturated rings. The van der Waals surface area contributed by atoms with Crippen LogP contribution in [0.15, 0.2) is 97.1 Å². The van der Waals surface area contributed by atoms with Crippen molar-refractivity contribution in [1.29, 1.82) is 0 Å². The molecule has 0 spiro atoms. The highest BCUT2D eigenvalue weighted by Crippen LogP contribution is 2.27. The van der Waals surface area contributed by atoms with Gasteiger partial charge in [0.2, 0.25) is 0 Å². The number of hydrogen-bond acceptors (Lipinski definition) is 8. The molecule has 204 valence electrons. The van der Waals surface area contributed by atoms with Crippen LogP contribution in [-0.4, -0.2) is 45.2 Å². The molecule has 0 aliphatic heterocycles. The molecule has 8 nitrogen and oxygen atoms in total. The first-order chi connectivity index (χ1) is 20.2. The molecule has 2 aromatic heterocycles. The molecule has 0 aliphatic rings. The van der Waals surface area contributed by atoms with Crippen LogP contribution in [0.2, 0.25) is 0 Å². The molecule has 0 amide bonds. The molecule has 0 unspecified atom stereocenters. The number of anilines is 2. The van der Waals surface area contributed by atoms with Crippen molar-refractivity contribution in [2.45, 2.75) is 13.0 Å². The van der Waals surface area contributed by atoms with Crippen molar-refractivity contribution < 1.29 is 9.84 Å². The number of fused-ring (bicyclic) bond motifs is 2. The summed E-state index contributed by atoms with van der Waals surface area (Å²) in [7, 11) is 1.65. The fourth-order valence-corrected chi connectivity index (χ4v) is 4.68. The number of nitrogens with zero attached hydrogens (tertiary/aromatic N) is 4. The molecule has 2 heterocycles. The molecule has 0 bridgehead atoms. The van der Waals surface area contributed by atoms with Crippen molar-refractivity contribution in [1.82, 2.24) is 19.9 Å². The van der Waals surface area contributed by atoms with E-state index >= 15 is 0 Å². The van der Waals surface area contributed by atoms with Gasteiger partial charge in [-0.1, -0.05) is 48.5 Å². The maximum absolute atomic E-state index is 9.38. The zero-order valence-electron chi connectivity index (χ0n) is 22.7. The summed E-state index contributed by atoms with van der Waals surface area (Å²) in [5, 5.41) is 18.4. The average Bonchev–Trinajstić information content (AvgIpc) is 3.04. The van der Waals surface area contributed by atoms with Crippen molar-refractivity contribution in [2.75, 3.05) is 30.8 Å². The van der Waals surface area contributed by atoms with Crippen molar-refractivity contribution in [3.63, 3.8) is 0 Å². The van der Waals surface area contributed by atoms with Crippen LogP contribution in [0.4, 0.5) is 11.6 Å². The molecule has 6 rings (SSSR count). The third kappa shape index (κ3) is 5.78. The summed E-state index contributed by atoms with van der Waals surface area (Å²) in [6.45, 7) is 1.44. The van der Waals surface area contributed by atoms with E-state index in [-0.39, 0.29) is 6.61 Å². The fourth-order valence-electron chi connectivity index (χ4n) is 4.68. The standard InChI is InChI=1S/C33H30N6O2/c1-41-25-17-15-24(16-18-25)31-37-29-10-5-3-8-27(29)33(39-31)35-20-6-19-34-32-26-7-2-4-9-28(26)36-30(38-32)23-13-11-22(21-40)12-14-23/h2-5,7-18,40H,6,19-21H2,1H3,(H,34,36,38)(H,35,37,39). The molecule has 3 N–H and O–H groups in total. The first-order valence-corrected chi connectivity index (χ1v) is 13.6. The Bertz CT molecular complexity index is 1660. The number of aromatic nitrogens is 4. The molecule has 0 aliphatic carbocycles. The number of nitrogens with one attached hydrogen (secondary N) is 2. The minimum atomic E-state index is 0.00724. The molecule has 4 aromatic carbocycles. The monoisotopic (exact) mass is 542 g/mol. The maximum Gasteiger partial charge on any atom is 0.162 e. The lowest BCUT2D eigenvalue weighted by atomic mass is 10.1. The van der Waals surface area contributed by atoms with Crippen LogP contribution in [0, 0.1) is 0 Å². The molecule has 0 saturated heterocycles. The van der Waals surface area contributed by atoms with Gasteiger partial charge < -0.3 is 20.5 Å². The summed E-state index contributed by atoms with van der Waals surface area (Å²) in [5.74, 6) is 3.71. The lowest BCUT2D eigenvalue weighted by Crippen LogP contribution is -2.12. The van der Waals surface area contributed by atoms with E-state index in [9.17, 15) is 5.11 Å². The van der Waals surface area contributed by atoms with Crippen LogP contribution in [0.5, 0.6) is 5.75 Å². The number of methoxy groups -OCH3 is 1. The highest BCUT2D eigenvalue weighted by atomic mass is 16.5. The molecule has 0 atom stereocenters. The zero-order valence-corrected chi connectivity index (χ0v) is 22.7. The van der Waals surface area contributed by atoms with E-state index in [1.165, 1.54) is 0 Å². The van der Waals surface area contributed by atoms with E-state index in [2.05, 4.69) is 10.6 Å². The van der Waals surface area contributed by atoms with Gasteiger partial charge in [-0.25, -0.2) is 19.9 Å². The molecule has 6 aromatic rings. The van der Waals surface area contributed by atoms with E-state index in [0.717, 1.165) is 62.3 Å². The predicted molar refractivity (Wildman–Crippen MR) is 164 cm³/mol. The van der Waals surface area contributed by atoms with Gasteiger partial charge in [-0.05, 0) is 60.5 Å². The molecule has 41 heavy (non-hydrogen) atoms. The van der Waals surface area contributed by atoms with E-state index in [1.54, 1.807) is 7.11 Å². The van der Waals surface area contributed by atoms with Gasteiger partial charge in [0, 0.05) is 35.0 Å². The lowest BCUT2D eigenvalue weighted by molar-refractivity contribution is 0.282. The Labute approximate surface area is 238 Å². The van der Waals surface area contributed by atoms with E-state index in [0.29, 0.717) is 24.7 Å². The van der Waals surface area contributed by atoms with Gasteiger partial charge in [0.05, 0.1) is 24.8 Å². The first kappa shape index (κ1) is 26.2. The first-order valence-electron chi connectivity index (χ1n) is 13.6. The fraction of sp³-hybridized carbons (Fsp3) is 0.152. The highest BCUT2D eigenvalue weighted by Gasteiger charge is 2.11. The number of hydrogen-bond donors (Lipinski definition) is 3. The summed E-state index contributed by atoms with van der Waals surface area (Å²) in [6, 6.07) is 31.5. The second kappa shape index (κ2) is 12.0. The summed E-state index contributed by atoms with van der Waals surface area (Å²) >= 11 is 0. The number of ether oxygens (including phenoxy) is 1. The zero-order chi connectivity index (χ0) is 28.0.